The number of carbonyl (C=O) groups excluding carboxylic acids is 1. The Morgan fingerprint density at radius 2 is 2.00 bits per heavy atom. The Hall–Kier alpha value is -0.370. The van der Waals surface area contributed by atoms with Gasteiger partial charge in [0.1, 0.15) is 5.78 Å². The summed E-state index contributed by atoms with van der Waals surface area (Å²) in [4.78, 5) is 14.0. The second-order valence-electron chi connectivity index (χ2n) is 5.18. The topological polar surface area (TPSA) is 20.3 Å². The van der Waals surface area contributed by atoms with E-state index < -0.39 is 0 Å². The lowest BCUT2D eigenvalue weighted by Crippen LogP contribution is -2.43. The highest BCUT2D eigenvalue weighted by atomic mass is 16.1. The molecule has 1 aliphatic carbocycles. The third-order valence-corrected chi connectivity index (χ3v) is 4.20. The maximum atomic E-state index is 11.4. The van der Waals surface area contributed by atoms with Crippen LogP contribution in [0.1, 0.15) is 51.9 Å². The second-order valence-corrected chi connectivity index (χ2v) is 5.18. The fraction of sp³-hybridized carbons (Fsp3) is 0.923. The first kappa shape index (κ1) is 11.1. The average Bonchev–Trinajstić information content (AvgIpc) is 2.29. The van der Waals surface area contributed by atoms with Crippen LogP contribution in [0.2, 0.25) is 0 Å². The van der Waals surface area contributed by atoms with E-state index >= 15 is 0 Å². The van der Waals surface area contributed by atoms with E-state index in [1.165, 1.54) is 38.8 Å². The van der Waals surface area contributed by atoms with Crippen molar-refractivity contribution in [1.29, 1.82) is 0 Å². The fourth-order valence-corrected chi connectivity index (χ4v) is 3.04. The third-order valence-electron chi connectivity index (χ3n) is 4.20. The molecule has 2 heteroatoms. The van der Waals surface area contributed by atoms with Gasteiger partial charge >= 0.3 is 0 Å². The molecule has 0 aromatic carbocycles. The Morgan fingerprint density at radius 1 is 1.27 bits per heavy atom. The molecule has 2 aliphatic rings. The van der Waals surface area contributed by atoms with E-state index in [-0.39, 0.29) is 0 Å². The molecule has 15 heavy (non-hydrogen) atoms. The van der Waals surface area contributed by atoms with Crippen molar-refractivity contribution < 1.29 is 4.79 Å². The number of rotatable bonds is 2. The summed E-state index contributed by atoms with van der Waals surface area (Å²) < 4.78 is 0. The van der Waals surface area contributed by atoms with Gasteiger partial charge in [-0.3, -0.25) is 9.69 Å². The zero-order chi connectivity index (χ0) is 10.7. The predicted molar refractivity (Wildman–Crippen MR) is 61.9 cm³/mol. The minimum atomic E-state index is 0.490. The number of piperidine rings is 1. The van der Waals surface area contributed by atoms with Crippen LogP contribution in [0.5, 0.6) is 0 Å². The van der Waals surface area contributed by atoms with Crippen molar-refractivity contribution in [2.24, 2.45) is 5.92 Å². The lowest BCUT2D eigenvalue weighted by molar-refractivity contribution is -0.122. The number of hydrogen-bond acceptors (Lipinski definition) is 2. The van der Waals surface area contributed by atoms with Crippen molar-refractivity contribution in [3.05, 3.63) is 0 Å². The smallest absolute Gasteiger partial charge is 0.134 e. The summed E-state index contributed by atoms with van der Waals surface area (Å²) in [6.07, 6.45) is 8.07. The highest BCUT2D eigenvalue weighted by Crippen LogP contribution is 2.26. The molecule has 0 aromatic rings. The summed E-state index contributed by atoms with van der Waals surface area (Å²) in [6.45, 7) is 4.76. The van der Waals surface area contributed by atoms with E-state index in [1.807, 2.05) is 0 Å². The van der Waals surface area contributed by atoms with Gasteiger partial charge in [-0.25, -0.2) is 0 Å². The molecule has 0 spiro atoms. The largest absolute Gasteiger partial charge is 0.300 e. The van der Waals surface area contributed by atoms with E-state index in [1.54, 1.807) is 0 Å². The lowest BCUT2D eigenvalue weighted by Gasteiger charge is -2.38. The van der Waals surface area contributed by atoms with Crippen LogP contribution in [0.15, 0.2) is 0 Å². The molecule has 0 radical (unpaired) electrons. The van der Waals surface area contributed by atoms with Crippen LogP contribution in [-0.2, 0) is 4.79 Å². The van der Waals surface area contributed by atoms with Crippen LogP contribution < -0.4 is 0 Å². The molecule has 2 rings (SSSR count). The molecule has 1 unspecified atom stereocenters. The Kier molecular flexibility index (Phi) is 3.79. The zero-order valence-electron chi connectivity index (χ0n) is 9.87. The second kappa shape index (κ2) is 5.11. The molecule has 0 aromatic heterocycles. The number of Topliss-reactive ketones (excluding diaryl/α,β-unsaturated/α-hetero) is 1. The van der Waals surface area contributed by atoms with Gasteiger partial charge < -0.3 is 0 Å². The van der Waals surface area contributed by atoms with Crippen LogP contribution >= 0.6 is 0 Å². The van der Waals surface area contributed by atoms with Gasteiger partial charge in [-0.1, -0.05) is 13.3 Å². The van der Waals surface area contributed by atoms with Crippen molar-refractivity contribution >= 4 is 5.78 Å². The Bertz CT molecular complexity index is 219. The van der Waals surface area contributed by atoms with Gasteiger partial charge in [-0.2, -0.15) is 0 Å². The molecule has 1 saturated heterocycles. The van der Waals surface area contributed by atoms with Gasteiger partial charge in [0, 0.05) is 18.9 Å². The van der Waals surface area contributed by atoms with Gasteiger partial charge in [-0.05, 0) is 44.7 Å². The molecule has 1 aliphatic heterocycles. The van der Waals surface area contributed by atoms with Crippen LogP contribution in [0.3, 0.4) is 0 Å². The van der Waals surface area contributed by atoms with Gasteiger partial charge in [0.2, 0.25) is 0 Å². The van der Waals surface area contributed by atoms with Crippen LogP contribution in [0, 0.1) is 5.92 Å². The van der Waals surface area contributed by atoms with Crippen LogP contribution in [-0.4, -0.2) is 29.8 Å². The van der Waals surface area contributed by atoms with Crippen molar-refractivity contribution in [1.82, 2.24) is 4.90 Å². The highest BCUT2D eigenvalue weighted by molar-refractivity contribution is 5.79. The Balaban J connectivity index is 1.81. The average molecular weight is 209 g/mol. The SMILES string of the molecule is CCC1CCN(C2CCCC(=O)C2)CC1. The number of hydrogen-bond donors (Lipinski definition) is 0. The van der Waals surface area contributed by atoms with Gasteiger partial charge in [0.15, 0.2) is 0 Å². The lowest BCUT2D eigenvalue weighted by atomic mass is 9.89. The number of ketones is 1. The molecule has 2 nitrogen and oxygen atoms in total. The first-order valence-corrected chi connectivity index (χ1v) is 6.55. The maximum absolute atomic E-state index is 11.4. The minimum absolute atomic E-state index is 0.490. The van der Waals surface area contributed by atoms with E-state index in [0.29, 0.717) is 11.8 Å². The standard InChI is InChI=1S/C13H23NO/c1-2-11-6-8-14(9-7-11)12-4-3-5-13(15)10-12/h11-12H,2-10H2,1H3. The van der Waals surface area contributed by atoms with Gasteiger partial charge in [0.25, 0.3) is 0 Å². The number of carbonyl (C=O) groups is 1. The van der Waals surface area contributed by atoms with E-state index in [0.717, 1.165) is 25.2 Å². The summed E-state index contributed by atoms with van der Waals surface area (Å²) in [7, 11) is 0. The van der Waals surface area contributed by atoms with Crippen molar-refractivity contribution in [2.75, 3.05) is 13.1 Å². The Labute approximate surface area is 93.0 Å². The first-order valence-electron chi connectivity index (χ1n) is 6.55. The summed E-state index contributed by atoms with van der Waals surface area (Å²) in [5.74, 6) is 1.43. The maximum Gasteiger partial charge on any atom is 0.134 e. The number of nitrogens with zero attached hydrogens (tertiary/aromatic N) is 1. The third kappa shape index (κ3) is 2.81. The zero-order valence-corrected chi connectivity index (χ0v) is 9.87. The summed E-state index contributed by atoms with van der Waals surface area (Å²) in [6, 6.07) is 0.587. The normalized spacial score (nSPS) is 30.7. The fourth-order valence-electron chi connectivity index (χ4n) is 3.04. The van der Waals surface area contributed by atoms with E-state index in [9.17, 15) is 4.79 Å². The molecule has 0 amide bonds. The van der Waals surface area contributed by atoms with Crippen LogP contribution in [0.4, 0.5) is 0 Å². The molecular formula is C13H23NO. The van der Waals surface area contributed by atoms with E-state index in [4.69, 9.17) is 0 Å². The first-order chi connectivity index (χ1) is 7.29. The quantitative estimate of drug-likeness (QED) is 0.697. The molecular weight excluding hydrogens is 186 g/mol. The summed E-state index contributed by atoms with van der Waals surface area (Å²) >= 11 is 0. The summed E-state index contributed by atoms with van der Waals surface area (Å²) in [5.41, 5.74) is 0. The molecule has 1 atom stereocenters. The minimum Gasteiger partial charge on any atom is -0.300 e. The van der Waals surface area contributed by atoms with Crippen molar-refractivity contribution in [3.8, 4) is 0 Å². The molecule has 1 heterocycles. The Morgan fingerprint density at radius 3 is 2.60 bits per heavy atom. The molecule has 0 N–H and O–H groups in total. The molecule has 86 valence electrons. The summed E-state index contributed by atoms with van der Waals surface area (Å²) in [5, 5.41) is 0. The van der Waals surface area contributed by atoms with Crippen molar-refractivity contribution in [3.63, 3.8) is 0 Å². The number of likely N-dealkylation sites (tertiary alicyclic amines) is 1. The molecule has 0 bridgehead atoms. The van der Waals surface area contributed by atoms with Crippen molar-refractivity contribution in [2.45, 2.75) is 57.9 Å². The molecule has 1 saturated carbocycles. The highest BCUT2D eigenvalue weighted by Gasteiger charge is 2.27. The van der Waals surface area contributed by atoms with Gasteiger partial charge in [0.05, 0.1) is 0 Å². The monoisotopic (exact) mass is 209 g/mol. The van der Waals surface area contributed by atoms with Gasteiger partial charge in [-0.15, -0.1) is 0 Å². The molecule has 2 fully saturated rings. The van der Waals surface area contributed by atoms with Crippen LogP contribution in [0.25, 0.3) is 0 Å². The van der Waals surface area contributed by atoms with E-state index in [2.05, 4.69) is 11.8 Å². The predicted octanol–water partition coefficient (Wildman–Crippen LogP) is 2.62.